The summed E-state index contributed by atoms with van der Waals surface area (Å²) < 4.78 is 33.2. The zero-order valence-electron chi connectivity index (χ0n) is 15.2. The normalized spacial score (nSPS) is 16.0. The monoisotopic (exact) mass is 385 g/mol. The van der Waals surface area contributed by atoms with Gasteiger partial charge in [0.25, 0.3) is 5.91 Å². The van der Waals surface area contributed by atoms with E-state index in [2.05, 4.69) is 10.3 Å². The Morgan fingerprint density at radius 1 is 1.29 bits per heavy atom. The molecule has 4 N–H and O–H groups in total. The molecule has 1 aliphatic rings. The molecule has 2 aromatic carbocycles. The lowest BCUT2D eigenvalue weighted by Gasteiger charge is -2.27. The quantitative estimate of drug-likeness (QED) is 0.571. The standard InChI is InChI=1S/C21H21F2N3O2/c22-13-3-6-19-16(8-13)12(10-26-19)2-1-7-25-14-9-17-18(23)5-4-15(21(24)27)20(17)28-11-14/h3-6,8,10,14,25-26H,1-2,7,9,11H2,(H2,24,27). The van der Waals surface area contributed by atoms with E-state index in [1.165, 1.54) is 18.2 Å². The third kappa shape index (κ3) is 3.57. The van der Waals surface area contributed by atoms with Gasteiger partial charge in [0, 0.05) is 28.7 Å². The van der Waals surface area contributed by atoms with Crippen molar-refractivity contribution >= 4 is 16.8 Å². The summed E-state index contributed by atoms with van der Waals surface area (Å²) in [4.78, 5) is 14.6. The van der Waals surface area contributed by atoms with Crippen LogP contribution in [0.15, 0.2) is 36.5 Å². The number of fused-ring (bicyclic) bond motifs is 2. The van der Waals surface area contributed by atoms with Crippen LogP contribution in [0.4, 0.5) is 8.78 Å². The topological polar surface area (TPSA) is 80.1 Å². The highest BCUT2D eigenvalue weighted by Crippen LogP contribution is 2.31. The molecule has 4 rings (SSSR count). The van der Waals surface area contributed by atoms with E-state index >= 15 is 0 Å². The summed E-state index contributed by atoms with van der Waals surface area (Å²) in [6.45, 7) is 1.05. The lowest BCUT2D eigenvalue weighted by Crippen LogP contribution is -2.40. The smallest absolute Gasteiger partial charge is 0.252 e. The van der Waals surface area contributed by atoms with E-state index in [1.807, 2.05) is 6.20 Å². The minimum absolute atomic E-state index is 0.0504. The number of aromatic nitrogens is 1. The molecular weight excluding hydrogens is 364 g/mol. The van der Waals surface area contributed by atoms with Crippen LogP contribution in [0.3, 0.4) is 0 Å². The molecule has 1 amide bonds. The summed E-state index contributed by atoms with van der Waals surface area (Å²) in [5, 5.41) is 4.27. The molecule has 7 heteroatoms. The van der Waals surface area contributed by atoms with Crippen molar-refractivity contribution in [3.8, 4) is 5.75 Å². The number of hydrogen-bond acceptors (Lipinski definition) is 3. The third-order valence-electron chi connectivity index (χ3n) is 5.13. The highest BCUT2D eigenvalue weighted by atomic mass is 19.1. The summed E-state index contributed by atoms with van der Waals surface area (Å²) in [6.07, 6.45) is 3.98. The maximum Gasteiger partial charge on any atom is 0.252 e. The first-order valence-corrected chi connectivity index (χ1v) is 9.26. The second-order valence-electron chi connectivity index (χ2n) is 7.04. The number of aryl methyl sites for hydroxylation is 1. The fourth-order valence-electron chi connectivity index (χ4n) is 3.72. The highest BCUT2D eigenvalue weighted by Gasteiger charge is 2.26. The van der Waals surface area contributed by atoms with Gasteiger partial charge in [-0.25, -0.2) is 8.78 Å². The number of ether oxygens (including phenoxy) is 1. The van der Waals surface area contributed by atoms with Crippen molar-refractivity contribution in [2.45, 2.75) is 25.3 Å². The summed E-state index contributed by atoms with van der Waals surface area (Å²) in [6, 6.07) is 7.27. The van der Waals surface area contributed by atoms with Crippen LogP contribution in [-0.2, 0) is 12.8 Å². The predicted molar refractivity (Wildman–Crippen MR) is 102 cm³/mol. The molecule has 1 unspecified atom stereocenters. The van der Waals surface area contributed by atoms with Gasteiger partial charge in [-0.3, -0.25) is 4.79 Å². The Bertz CT molecular complexity index is 1030. The van der Waals surface area contributed by atoms with Crippen LogP contribution < -0.4 is 15.8 Å². The molecule has 1 aliphatic heterocycles. The summed E-state index contributed by atoms with van der Waals surface area (Å²) in [5.74, 6) is -1.02. The average Bonchev–Trinajstić information content (AvgIpc) is 3.07. The molecule has 1 atom stereocenters. The molecule has 5 nitrogen and oxygen atoms in total. The van der Waals surface area contributed by atoms with Crippen LogP contribution in [0.1, 0.15) is 27.9 Å². The number of carbonyl (C=O) groups excluding carboxylic acids is 1. The fourth-order valence-corrected chi connectivity index (χ4v) is 3.72. The third-order valence-corrected chi connectivity index (χ3v) is 5.13. The van der Waals surface area contributed by atoms with Crippen molar-refractivity contribution < 1.29 is 18.3 Å². The van der Waals surface area contributed by atoms with Gasteiger partial charge in [-0.2, -0.15) is 0 Å². The predicted octanol–water partition coefficient (Wildman–Crippen LogP) is 3.07. The average molecular weight is 385 g/mol. The van der Waals surface area contributed by atoms with Crippen LogP contribution in [0, 0.1) is 11.6 Å². The molecule has 2 heterocycles. The number of H-pyrrole nitrogens is 1. The van der Waals surface area contributed by atoms with Crippen molar-refractivity contribution in [3.05, 3.63) is 64.9 Å². The van der Waals surface area contributed by atoms with E-state index in [-0.39, 0.29) is 23.2 Å². The molecule has 3 aromatic rings. The molecule has 0 aliphatic carbocycles. The number of hydrogen-bond donors (Lipinski definition) is 3. The number of nitrogens with one attached hydrogen (secondary N) is 2. The van der Waals surface area contributed by atoms with E-state index in [0.717, 1.165) is 29.3 Å². The highest BCUT2D eigenvalue weighted by molar-refractivity contribution is 5.96. The Balaban J connectivity index is 1.35. The number of amides is 1. The maximum atomic E-state index is 14.1. The van der Waals surface area contributed by atoms with Crippen molar-refractivity contribution in [2.75, 3.05) is 13.2 Å². The van der Waals surface area contributed by atoms with E-state index < -0.39 is 11.7 Å². The number of aromatic amines is 1. The summed E-state index contributed by atoms with van der Waals surface area (Å²) in [5.41, 5.74) is 7.91. The molecule has 1 aromatic heterocycles. The lowest BCUT2D eigenvalue weighted by molar-refractivity contribution is 0.0994. The molecule has 0 bridgehead atoms. The SMILES string of the molecule is NC(=O)c1ccc(F)c2c1OCC(NCCCc1c[nH]c3ccc(F)cc13)C2. The van der Waals surface area contributed by atoms with Crippen LogP contribution >= 0.6 is 0 Å². The van der Waals surface area contributed by atoms with Crippen molar-refractivity contribution in [1.29, 1.82) is 0 Å². The van der Waals surface area contributed by atoms with Gasteiger partial charge in [-0.05, 0) is 61.7 Å². The Morgan fingerprint density at radius 3 is 2.96 bits per heavy atom. The second kappa shape index (κ2) is 7.59. The molecular formula is C21H21F2N3O2. The molecule has 146 valence electrons. The van der Waals surface area contributed by atoms with Gasteiger partial charge in [0.15, 0.2) is 0 Å². The molecule has 0 spiro atoms. The number of rotatable bonds is 6. The van der Waals surface area contributed by atoms with Crippen molar-refractivity contribution in [3.63, 3.8) is 0 Å². The van der Waals surface area contributed by atoms with Gasteiger partial charge in [0.2, 0.25) is 0 Å². The van der Waals surface area contributed by atoms with E-state index in [9.17, 15) is 13.6 Å². The fraction of sp³-hybridized carbons (Fsp3) is 0.286. The van der Waals surface area contributed by atoms with E-state index in [4.69, 9.17) is 10.5 Å². The Kier molecular flexibility index (Phi) is 5.00. The van der Waals surface area contributed by atoms with Gasteiger partial charge in [0.1, 0.15) is 24.0 Å². The van der Waals surface area contributed by atoms with E-state index in [0.29, 0.717) is 25.1 Å². The van der Waals surface area contributed by atoms with Crippen LogP contribution in [0.5, 0.6) is 5.75 Å². The van der Waals surface area contributed by atoms with E-state index in [1.54, 1.807) is 12.1 Å². The minimum atomic E-state index is -0.627. The van der Waals surface area contributed by atoms with Crippen LogP contribution in [-0.4, -0.2) is 30.1 Å². The van der Waals surface area contributed by atoms with Crippen LogP contribution in [0.25, 0.3) is 10.9 Å². The number of nitrogens with two attached hydrogens (primary N) is 1. The Hall–Kier alpha value is -2.93. The van der Waals surface area contributed by atoms with Gasteiger partial charge < -0.3 is 20.8 Å². The van der Waals surface area contributed by atoms with Crippen molar-refractivity contribution in [1.82, 2.24) is 10.3 Å². The number of halogens is 2. The first kappa shape index (κ1) is 18.4. The number of benzene rings is 2. The molecule has 0 saturated carbocycles. The number of primary amides is 1. The largest absolute Gasteiger partial charge is 0.491 e. The Morgan fingerprint density at radius 2 is 2.14 bits per heavy atom. The first-order valence-electron chi connectivity index (χ1n) is 9.26. The zero-order valence-corrected chi connectivity index (χ0v) is 15.2. The Labute approximate surface area is 160 Å². The lowest BCUT2D eigenvalue weighted by atomic mass is 9.98. The van der Waals surface area contributed by atoms with Gasteiger partial charge >= 0.3 is 0 Å². The molecule has 0 fully saturated rings. The second-order valence-corrected chi connectivity index (χ2v) is 7.04. The van der Waals surface area contributed by atoms with Gasteiger partial charge in [-0.15, -0.1) is 0 Å². The molecule has 28 heavy (non-hydrogen) atoms. The summed E-state index contributed by atoms with van der Waals surface area (Å²) >= 11 is 0. The first-order chi connectivity index (χ1) is 13.5. The van der Waals surface area contributed by atoms with Gasteiger partial charge in [-0.1, -0.05) is 0 Å². The van der Waals surface area contributed by atoms with Gasteiger partial charge in [0.05, 0.1) is 5.56 Å². The molecule has 0 radical (unpaired) electrons. The van der Waals surface area contributed by atoms with Crippen molar-refractivity contribution in [2.24, 2.45) is 5.73 Å². The maximum absolute atomic E-state index is 14.1. The summed E-state index contributed by atoms with van der Waals surface area (Å²) in [7, 11) is 0. The zero-order chi connectivity index (χ0) is 19.7. The molecule has 0 saturated heterocycles. The minimum Gasteiger partial charge on any atom is -0.491 e. The number of carbonyl (C=O) groups is 1. The van der Waals surface area contributed by atoms with Crippen LogP contribution in [0.2, 0.25) is 0 Å².